The number of fused-ring (bicyclic) bond motifs is 5. The summed E-state index contributed by atoms with van der Waals surface area (Å²) in [5.41, 5.74) is -1.68. The van der Waals surface area contributed by atoms with Crippen molar-refractivity contribution in [3.8, 4) is 0 Å². The van der Waals surface area contributed by atoms with E-state index in [-0.39, 0.29) is 41.2 Å². The SMILES string of the molecule is CC(=O)OCC(=O)[C@@]1(O)CCC2C3CCC4=CC(=O)CCC4(C)C3C(=O)CC21C. The third-order valence-corrected chi connectivity index (χ3v) is 8.67. The summed E-state index contributed by atoms with van der Waals surface area (Å²) >= 11 is 0. The Morgan fingerprint density at radius 3 is 2.59 bits per heavy atom. The molecule has 6 heteroatoms. The minimum atomic E-state index is -1.65. The summed E-state index contributed by atoms with van der Waals surface area (Å²) in [6.45, 7) is 4.76. The first-order valence-electron chi connectivity index (χ1n) is 10.7. The molecule has 0 aliphatic heterocycles. The predicted octanol–water partition coefficient (Wildman–Crippen LogP) is 2.56. The van der Waals surface area contributed by atoms with Crippen molar-refractivity contribution in [2.45, 2.75) is 71.3 Å². The molecule has 1 N–H and O–H groups in total. The molecule has 3 saturated carbocycles. The van der Waals surface area contributed by atoms with Crippen molar-refractivity contribution in [3.05, 3.63) is 11.6 Å². The standard InChI is InChI=1S/C23H30O6/c1-13(24)29-12-19(27)23(28)9-7-17-16-5-4-14-10-15(25)6-8-21(14,2)20(16)18(26)11-22(17,23)3/h10,16-17,20,28H,4-9,11-12H2,1-3H3/t16?,17?,20?,21?,22?,23-/m0/s1. The zero-order chi connectivity index (χ0) is 21.2. The van der Waals surface area contributed by atoms with Crippen molar-refractivity contribution in [2.24, 2.45) is 28.6 Å². The molecule has 3 fully saturated rings. The van der Waals surface area contributed by atoms with E-state index in [0.717, 1.165) is 18.4 Å². The number of carbonyl (C=O) groups excluding carboxylic acids is 4. The molecule has 5 unspecified atom stereocenters. The molecule has 0 aromatic rings. The summed E-state index contributed by atoms with van der Waals surface area (Å²) in [4.78, 5) is 49.4. The Bertz CT molecular complexity index is 827. The van der Waals surface area contributed by atoms with Gasteiger partial charge in [0.05, 0.1) is 0 Å². The molecule has 0 amide bonds. The molecule has 4 rings (SSSR count). The molecule has 29 heavy (non-hydrogen) atoms. The van der Waals surface area contributed by atoms with Gasteiger partial charge in [-0.25, -0.2) is 0 Å². The number of aliphatic hydroxyl groups is 1. The third kappa shape index (κ3) is 2.78. The molecular formula is C23H30O6. The summed E-state index contributed by atoms with van der Waals surface area (Å²) in [5, 5.41) is 11.4. The normalized spacial score (nSPS) is 43.7. The smallest absolute Gasteiger partial charge is 0.303 e. The number of hydrogen-bond donors (Lipinski definition) is 1. The first-order valence-corrected chi connectivity index (χ1v) is 10.7. The maximum Gasteiger partial charge on any atom is 0.303 e. The van der Waals surface area contributed by atoms with E-state index in [1.165, 1.54) is 6.92 Å². The summed E-state index contributed by atoms with van der Waals surface area (Å²) in [6.07, 6.45) is 5.66. The second-order valence-corrected chi connectivity index (χ2v) is 10.0. The van der Waals surface area contributed by atoms with Crippen LogP contribution >= 0.6 is 0 Å². The van der Waals surface area contributed by atoms with Gasteiger partial charge in [-0.05, 0) is 55.4 Å². The quantitative estimate of drug-likeness (QED) is 0.729. The first kappa shape index (κ1) is 20.5. The van der Waals surface area contributed by atoms with Gasteiger partial charge < -0.3 is 9.84 Å². The maximum atomic E-state index is 13.5. The molecule has 6 atom stereocenters. The van der Waals surface area contributed by atoms with Crippen molar-refractivity contribution >= 4 is 23.3 Å². The number of Topliss-reactive ketones (excluding diaryl/α,β-unsaturated/α-hetero) is 2. The lowest BCUT2D eigenvalue weighted by atomic mass is 9.46. The lowest BCUT2D eigenvalue weighted by molar-refractivity contribution is -0.173. The Morgan fingerprint density at radius 2 is 1.90 bits per heavy atom. The summed E-state index contributed by atoms with van der Waals surface area (Å²) in [5.74, 6) is -0.811. The molecule has 4 aliphatic carbocycles. The zero-order valence-corrected chi connectivity index (χ0v) is 17.5. The summed E-state index contributed by atoms with van der Waals surface area (Å²) in [7, 11) is 0. The largest absolute Gasteiger partial charge is 0.458 e. The molecule has 0 bridgehead atoms. The van der Waals surface area contributed by atoms with E-state index in [1.54, 1.807) is 6.08 Å². The van der Waals surface area contributed by atoms with Crippen LogP contribution in [-0.4, -0.2) is 40.6 Å². The molecule has 0 aromatic heterocycles. The average Bonchev–Trinajstić information content (AvgIpc) is 2.91. The van der Waals surface area contributed by atoms with Crippen LogP contribution in [0.4, 0.5) is 0 Å². The highest BCUT2D eigenvalue weighted by molar-refractivity contribution is 5.95. The van der Waals surface area contributed by atoms with Gasteiger partial charge in [-0.3, -0.25) is 19.2 Å². The van der Waals surface area contributed by atoms with Gasteiger partial charge in [0.2, 0.25) is 5.78 Å². The Kier molecular flexibility index (Phi) is 4.65. The highest BCUT2D eigenvalue weighted by Gasteiger charge is 2.68. The molecule has 0 saturated heterocycles. The maximum absolute atomic E-state index is 13.5. The Labute approximate surface area is 171 Å². The fraction of sp³-hybridized carbons (Fsp3) is 0.739. The highest BCUT2D eigenvalue weighted by atomic mass is 16.5. The molecule has 6 nitrogen and oxygen atoms in total. The third-order valence-electron chi connectivity index (χ3n) is 8.67. The topological polar surface area (TPSA) is 97.7 Å². The molecule has 158 valence electrons. The van der Waals surface area contributed by atoms with Gasteiger partial charge in [-0.15, -0.1) is 0 Å². The fourth-order valence-electron chi connectivity index (χ4n) is 7.13. The van der Waals surface area contributed by atoms with Crippen LogP contribution in [0.1, 0.15) is 65.7 Å². The summed E-state index contributed by atoms with van der Waals surface area (Å²) < 4.78 is 4.86. The Balaban J connectivity index is 1.66. The van der Waals surface area contributed by atoms with E-state index in [1.807, 2.05) is 6.92 Å². The molecular weight excluding hydrogens is 372 g/mol. The second-order valence-electron chi connectivity index (χ2n) is 10.0. The second kappa shape index (κ2) is 6.59. The van der Waals surface area contributed by atoms with E-state index in [2.05, 4.69) is 6.92 Å². The Hall–Kier alpha value is -1.82. The van der Waals surface area contributed by atoms with Gasteiger partial charge in [0.25, 0.3) is 0 Å². The predicted molar refractivity (Wildman–Crippen MR) is 104 cm³/mol. The molecule has 0 spiro atoms. The van der Waals surface area contributed by atoms with Crippen LogP contribution in [0.15, 0.2) is 11.6 Å². The number of hydrogen-bond acceptors (Lipinski definition) is 6. The van der Waals surface area contributed by atoms with Crippen LogP contribution in [-0.2, 0) is 23.9 Å². The van der Waals surface area contributed by atoms with Gasteiger partial charge in [0, 0.05) is 31.1 Å². The highest BCUT2D eigenvalue weighted by Crippen LogP contribution is 2.66. The minimum Gasteiger partial charge on any atom is -0.458 e. The minimum absolute atomic E-state index is 0.0625. The number of esters is 1. The van der Waals surface area contributed by atoms with E-state index in [9.17, 15) is 24.3 Å². The van der Waals surface area contributed by atoms with Gasteiger partial charge in [0.15, 0.2) is 12.4 Å². The van der Waals surface area contributed by atoms with E-state index in [4.69, 9.17) is 4.74 Å². The van der Waals surface area contributed by atoms with Crippen molar-refractivity contribution < 1.29 is 29.0 Å². The van der Waals surface area contributed by atoms with Crippen molar-refractivity contribution in [3.63, 3.8) is 0 Å². The average molecular weight is 402 g/mol. The lowest BCUT2D eigenvalue weighted by Gasteiger charge is -2.57. The first-order chi connectivity index (χ1) is 13.5. The van der Waals surface area contributed by atoms with Crippen LogP contribution in [0.25, 0.3) is 0 Å². The number of ketones is 3. The van der Waals surface area contributed by atoms with Gasteiger partial charge in [-0.2, -0.15) is 0 Å². The molecule has 0 radical (unpaired) electrons. The number of rotatable bonds is 3. The lowest BCUT2D eigenvalue weighted by Crippen LogP contribution is -2.61. The van der Waals surface area contributed by atoms with Crippen LogP contribution in [0.3, 0.4) is 0 Å². The number of carbonyl (C=O) groups is 4. The molecule has 0 aromatic carbocycles. The molecule has 4 aliphatic rings. The zero-order valence-electron chi connectivity index (χ0n) is 17.5. The van der Waals surface area contributed by atoms with Crippen molar-refractivity contribution in [2.75, 3.05) is 6.61 Å². The van der Waals surface area contributed by atoms with Crippen LogP contribution in [0, 0.1) is 28.6 Å². The molecule has 0 heterocycles. The van der Waals surface area contributed by atoms with Gasteiger partial charge in [0.1, 0.15) is 11.4 Å². The van der Waals surface area contributed by atoms with Gasteiger partial charge >= 0.3 is 5.97 Å². The summed E-state index contributed by atoms with van der Waals surface area (Å²) in [6, 6.07) is 0. The number of ether oxygens (including phenoxy) is 1. The van der Waals surface area contributed by atoms with Crippen LogP contribution in [0.5, 0.6) is 0 Å². The van der Waals surface area contributed by atoms with Crippen molar-refractivity contribution in [1.82, 2.24) is 0 Å². The monoisotopic (exact) mass is 402 g/mol. The van der Waals surface area contributed by atoms with Gasteiger partial charge in [-0.1, -0.05) is 19.4 Å². The number of allylic oxidation sites excluding steroid dienone is 1. The van der Waals surface area contributed by atoms with E-state index in [0.29, 0.717) is 25.7 Å². The Morgan fingerprint density at radius 1 is 1.17 bits per heavy atom. The van der Waals surface area contributed by atoms with Crippen molar-refractivity contribution in [1.29, 1.82) is 0 Å². The van der Waals surface area contributed by atoms with Crippen LogP contribution in [0.2, 0.25) is 0 Å². The van der Waals surface area contributed by atoms with Crippen LogP contribution < -0.4 is 0 Å². The van der Waals surface area contributed by atoms with E-state index < -0.39 is 29.4 Å². The van der Waals surface area contributed by atoms with E-state index >= 15 is 0 Å². The fourth-order valence-corrected chi connectivity index (χ4v) is 7.13.